The summed E-state index contributed by atoms with van der Waals surface area (Å²) < 4.78 is 0. The number of halogens is 2. The summed E-state index contributed by atoms with van der Waals surface area (Å²) in [5, 5.41) is 4.09. The Morgan fingerprint density at radius 2 is 2.15 bits per heavy atom. The largest absolute Gasteiger partial charge is 0.336 e. The summed E-state index contributed by atoms with van der Waals surface area (Å²) in [5.41, 5.74) is 0. The monoisotopic (exact) mass is 334 g/mol. The first kappa shape index (κ1) is 17.6. The maximum Gasteiger partial charge on any atom is 0.233 e. The van der Waals surface area contributed by atoms with Crippen LogP contribution in [0, 0.1) is 0 Å². The smallest absolute Gasteiger partial charge is 0.233 e. The van der Waals surface area contributed by atoms with Crippen molar-refractivity contribution >= 4 is 41.7 Å². The van der Waals surface area contributed by atoms with Crippen LogP contribution in [0.5, 0.6) is 0 Å². The second-order valence-corrected chi connectivity index (χ2v) is 6.21. The molecular formula is C14H20Cl2N2OS. The fourth-order valence-corrected chi connectivity index (χ4v) is 3.32. The van der Waals surface area contributed by atoms with Crippen LogP contribution in [0.3, 0.4) is 0 Å². The molecule has 1 amide bonds. The first-order valence-electron chi connectivity index (χ1n) is 6.50. The van der Waals surface area contributed by atoms with Gasteiger partial charge in [-0.1, -0.05) is 23.7 Å². The lowest BCUT2D eigenvalue weighted by molar-refractivity contribution is -0.131. The Hall–Kier alpha value is -0.420. The number of hydrogen-bond donors (Lipinski definition) is 1. The third kappa shape index (κ3) is 4.29. The molecule has 1 N–H and O–H groups in total. The molecule has 0 aliphatic carbocycles. The van der Waals surface area contributed by atoms with E-state index in [1.165, 1.54) is 11.8 Å². The van der Waals surface area contributed by atoms with Crippen molar-refractivity contribution in [3.8, 4) is 0 Å². The van der Waals surface area contributed by atoms with Crippen molar-refractivity contribution < 1.29 is 4.79 Å². The van der Waals surface area contributed by atoms with Gasteiger partial charge in [-0.2, -0.15) is 0 Å². The lowest BCUT2D eigenvalue weighted by Gasteiger charge is -2.38. The van der Waals surface area contributed by atoms with Crippen LogP contribution in [0.25, 0.3) is 0 Å². The highest BCUT2D eigenvalue weighted by Gasteiger charge is 2.27. The number of benzene rings is 1. The van der Waals surface area contributed by atoms with E-state index in [9.17, 15) is 4.79 Å². The van der Waals surface area contributed by atoms with Crippen LogP contribution < -0.4 is 5.32 Å². The molecule has 1 fully saturated rings. The molecule has 0 radical (unpaired) electrons. The van der Waals surface area contributed by atoms with Crippen LogP contribution in [0.1, 0.15) is 13.8 Å². The maximum atomic E-state index is 12.3. The Morgan fingerprint density at radius 3 is 2.85 bits per heavy atom. The highest BCUT2D eigenvalue weighted by Crippen LogP contribution is 2.27. The van der Waals surface area contributed by atoms with Gasteiger partial charge in [0, 0.05) is 30.1 Å². The van der Waals surface area contributed by atoms with Crippen molar-refractivity contribution in [3.05, 3.63) is 29.3 Å². The number of hydrogen-bond acceptors (Lipinski definition) is 3. The summed E-state index contributed by atoms with van der Waals surface area (Å²) >= 11 is 7.60. The number of thioether (sulfide) groups is 1. The zero-order valence-electron chi connectivity index (χ0n) is 11.6. The summed E-state index contributed by atoms with van der Waals surface area (Å²) in [7, 11) is 0. The van der Waals surface area contributed by atoms with Gasteiger partial charge in [0.25, 0.3) is 0 Å². The lowest BCUT2D eigenvalue weighted by atomic mass is 10.1. The van der Waals surface area contributed by atoms with Gasteiger partial charge in [0.1, 0.15) is 0 Å². The molecule has 0 aromatic heterocycles. The van der Waals surface area contributed by atoms with Crippen LogP contribution in [0.15, 0.2) is 29.2 Å². The van der Waals surface area contributed by atoms with Crippen LogP contribution in [-0.4, -0.2) is 41.7 Å². The van der Waals surface area contributed by atoms with E-state index in [1.54, 1.807) is 0 Å². The van der Waals surface area contributed by atoms with E-state index in [-0.39, 0.29) is 24.4 Å². The lowest BCUT2D eigenvalue weighted by Crippen LogP contribution is -2.57. The first-order valence-corrected chi connectivity index (χ1v) is 7.86. The minimum Gasteiger partial charge on any atom is -0.336 e. The van der Waals surface area contributed by atoms with Crippen LogP contribution >= 0.6 is 35.8 Å². The average Bonchev–Trinajstić information content (AvgIpc) is 2.40. The number of piperazine rings is 1. The summed E-state index contributed by atoms with van der Waals surface area (Å²) in [6, 6.07) is 8.23. The van der Waals surface area contributed by atoms with Gasteiger partial charge in [-0.25, -0.2) is 0 Å². The average molecular weight is 335 g/mol. The predicted molar refractivity (Wildman–Crippen MR) is 88.1 cm³/mol. The van der Waals surface area contributed by atoms with Gasteiger partial charge in [-0.05, 0) is 26.0 Å². The Labute approximate surface area is 135 Å². The van der Waals surface area contributed by atoms with Crippen molar-refractivity contribution in [2.75, 3.05) is 18.8 Å². The fraction of sp³-hybridized carbons (Fsp3) is 0.500. The molecule has 1 heterocycles. The van der Waals surface area contributed by atoms with Crippen molar-refractivity contribution in [2.24, 2.45) is 0 Å². The SMILES string of the molecule is CC1NCCN(C(=O)CSc2ccccc2Cl)C1C.Cl. The number of rotatable bonds is 3. The number of nitrogens with zero attached hydrogens (tertiary/aromatic N) is 1. The number of carbonyl (C=O) groups is 1. The quantitative estimate of drug-likeness (QED) is 0.862. The van der Waals surface area contributed by atoms with E-state index >= 15 is 0 Å². The van der Waals surface area contributed by atoms with E-state index in [0.717, 1.165) is 18.0 Å². The molecule has 1 aromatic rings. The second kappa shape index (κ2) is 8.13. The minimum absolute atomic E-state index is 0. The first-order chi connectivity index (χ1) is 9.09. The molecule has 6 heteroatoms. The Bertz CT molecular complexity index is 459. The number of carbonyl (C=O) groups excluding carboxylic acids is 1. The summed E-state index contributed by atoms with van der Waals surface area (Å²) in [6.45, 7) is 5.86. The molecule has 1 aromatic carbocycles. The van der Waals surface area contributed by atoms with Gasteiger partial charge in [-0.15, -0.1) is 24.2 Å². The van der Waals surface area contributed by atoms with E-state index in [0.29, 0.717) is 16.8 Å². The molecule has 0 spiro atoms. The van der Waals surface area contributed by atoms with Crippen molar-refractivity contribution in [1.82, 2.24) is 10.2 Å². The predicted octanol–water partition coefficient (Wildman–Crippen LogP) is 3.06. The Kier molecular flexibility index (Phi) is 7.17. The maximum absolute atomic E-state index is 12.3. The second-order valence-electron chi connectivity index (χ2n) is 4.79. The summed E-state index contributed by atoms with van der Waals surface area (Å²) in [4.78, 5) is 15.2. The molecule has 3 nitrogen and oxygen atoms in total. The molecule has 20 heavy (non-hydrogen) atoms. The Balaban J connectivity index is 0.00000200. The Morgan fingerprint density at radius 1 is 1.45 bits per heavy atom. The van der Waals surface area contributed by atoms with Gasteiger partial charge in [0.15, 0.2) is 0 Å². The van der Waals surface area contributed by atoms with Gasteiger partial charge >= 0.3 is 0 Å². The highest BCUT2D eigenvalue weighted by atomic mass is 35.5. The highest BCUT2D eigenvalue weighted by molar-refractivity contribution is 8.00. The van der Waals surface area contributed by atoms with Crippen molar-refractivity contribution in [3.63, 3.8) is 0 Å². The van der Waals surface area contributed by atoms with Gasteiger partial charge in [0.2, 0.25) is 5.91 Å². The van der Waals surface area contributed by atoms with Crippen molar-refractivity contribution in [1.29, 1.82) is 0 Å². The van der Waals surface area contributed by atoms with E-state index in [2.05, 4.69) is 19.2 Å². The van der Waals surface area contributed by atoms with E-state index in [4.69, 9.17) is 11.6 Å². The van der Waals surface area contributed by atoms with Gasteiger partial charge in [-0.3, -0.25) is 4.79 Å². The third-order valence-electron chi connectivity index (χ3n) is 3.54. The molecule has 1 saturated heterocycles. The zero-order valence-corrected chi connectivity index (χ0v) is 14.0. The molecular weight excluding hydrogens is 315 g/mol. The third-order valence-corrected chi connectivity index (χ3v) is 5.04. The minimum atomic E-state index is 0. The summed E-state index contributed by atoms with van der Waals surface area (Å²) in [6.07, 6.45) is 0. The van der Waals surface area contributed by atoms with Crippen LogP contribution in [-0.2, 0) is 4.79 Å². The fourth-order valence-electron chi connectivity index (χ4n) is 2.19. The standard InChI is InChI=1S/C14H19ClN2OS.ClH/c1-10-11(2)17(8-7-16-10)14(18)9-19-13-6-4-3-5-12(13)15;/h3-6,10-11,16H,7-9H2,1-2H3;1H. The van der Waals surface area contributed by atoms with E-state index in [1.807, 2.05) is 29.2 Å². The van der Waals surface area contributed by atoms with Crippen LogP contribution in [0.4, 0.5) is 0 Å². The molecule has 2 unspecified atom stereocenters. The number of amides is 1. The van der Waals surface area contributed by atoms with Gasteiger partial charge < -0.3 is 10.2 Å². The van der Waals surface area contributed by atoms with Gasteiger partial charge in [0.05, 0.1) is 10.8 Å². The molecule has 2 rings (SSSR count). The van der Waals surface area contributed by atoms with Crippen molar-refractivity contribution in [2.45, 2.75) is 30.8 Å². The topological polar surface area (TPSA) is 32.3 Å². The molecule has 2 atom stereocenters. The molecule has 1 aliphatic heterocycles. The normalized spacial score (nSPS) is 22.2. The molecule has 0 saturated carbocycles. The molecule has 0 bridgehead atoms. The number of nitrogens with one attached hydrogen (secondary N) is 1. The molecule has 1 aliphatic rings. The summed E-state index contributed by atoms with van der Waals surface area (Å²) in [5.74, 6) is 0.631. The zero-order chi connectivity index (χ0) is 13.8. The molecule has 112 valence electrons. The van der Waals surface area contributed by atoms with E-state index < -0.39 is 0 Å². The van der Waals surface area contributed by atoms with Crippen LogP contribution in [0.2, 0.25) is 5.02 Å².